The summed E-state index contributed by atoms with van der Waals surface area (Å²) in [6.45, 7) is 1.20. The van der Waals surface area contributed by atoms with Crippen LogP contribution >= 0.6 is 0 Å². The fourth-order valence-corrected chi connectivity index (χ4v) is 3.62. The lowest BCUT2D eigenvalue weighted by molar-refractivity contribution is -0.150. The molecule has 0 aromatic rings. The Morgan fingerprint density at radius 1 is 1.23 bits per heavy atom. The van der Waals surface area contributed by atoms with Crippen LogP contribution in [0.3, 0.4) is 0 Å². The zero-order valence-electron chi connectivity index (χ0n) is 12.8. The molecule has 0 aromatic heterocycles. The van der Waals surface area contributed by atoms with Crippen molar-refractivity contribution < 1.29 is 19.5 Å². The summed E-state index contributed by atoms with van der Waals surface area (Å²) in [5.74, 6) is -0.977. The van der Waals surface area contributed by atoms with Crippen LogP contribution < -0.4 is 5.32 Å². The number of nitrogens with zero attached hydrogens (tertiary/aromatic N) is 1. The Morgan fingerprint density at radius 3 is 2.50 bits per heavy atom. The van der Waals surface area contributed by atoms with Crippen LogP contribution in [-0.4, -0.2) is 46.4 Å². The highest BCUT2D eigenvalue weighted by molar-refractivity contribution is 5.92. The van der Waals surface area contributed by atoms with Gasteiger partial charge in [-0.25, -0.2) is 4.79 Å². The molecule has 0 aromatic carbocycles. The number of nitrogens with one attached hydrogen (secondary N) is 1. The summed E-state index contributed by atoms with van der Waals surface area (Å²) in [5, 5.41) is 12.3. The Labute approximate surface area is 130 Å². The molecule has 2 aliphatic carbocycles. The minimum absolute atomic E-state index is 0.0278. The van der Waals surface area contributed by atoms with Crippen molar-refractivity contribution in [2.75, 3.05) is 13.1 Å². The van der Waals surface area contributed by atoms with Gasteiger partial charge in [0.05, 0.1) is 5.92 Å². The highest BCUT2D eigenvalue weighted by atomic mass is 16.4. The average Bonchev–Trinajstić information content (AvgIpc) is 3.23. The smallest absolute Gasteiger partial charge is 0.329 e. The second kappa shape index (κ2) is 5.89. The van der Waals surface area contributed by atoms with E-state index < -0.39 is 17.4 Å². The first-order valence-corrected chi connectivity index (χ1v) is 8.33. The van der Waals surface area contributed by atoms with E-state index in [4.69, 9.17) is 0 Å². The lowest BCUT2D eigenvalue weighted by Gasteiger charge is -2.34. The second-order valence-corrected chi connectivity index (χ2v) is 7.08. The Kier molecular flexibility index (Phi) is 4.10. The lowest BCUT2D eigenvalue weighted by Crippen LogP contribution is -2.57. The van der Waals surface area contributed by atoms with E-state index in [1.54, 1.807) is 4.90 Å². The van der Waals surface area contributed by atoms with E-state index in [9.17, 15) is 19.5 Å². The van der Waals surface area contributed by atoms with Gasteiger partial charge in [-0.05, 0) is 31.6 Å². The molecule has 0 bridgehead atoms. The summed E-state index contributed by atoms with van der Waals surface area (Å²) >= 11 is 0. The lowest BCUT2D eigenvalue weighted by atomic mass is 9.81. The summed E-state index contributed by atoms with van der Waals surface area (Å²) < 4.78 is 0. The minimum atomic E-state index is -1.12. The van der Waals surface area contributed by atoms with Crippen molar-refractivity contribution in [2.24, 2.45) is 11.8 Å². The summed E-state index contributed by atoms with van der Waals surface area (Å²) in [7, 11) is 0. The number of carbonyl (C=O) groups is 3. The number of carbonyl (C=O) groups excluding carboxylic acids is 2. The van der Waals surface area contributed by atoms with E-state index in [-0.39, 0.29) is 18.2 Å². The first-order chi connectivity index (χ1) is 10.5. The van der Waals surface area contributed by atoms with E-state index in [0.717, 1.165) is 25.8 Å². The molecule has 1 atom stereocenters. The maximum atomic E-state index is 12.5. The average molecular weight is 308 g/mol. The van der Waals surface area contributed by atoms with Gasteiger partial charge in [0.25, 0.3) is 0 Å². The molecule has 6 heteroatoms. The number of hydrogen-bond acceptors (Lipinski definition) is 3. The number of carboxylic acids is 1. The third-order valence-corrected chi connectivity index (χ3v) is 5.24. The van der Waals surface area contributed by atoms with Crippen molar-refractivity contribution in [2.45, 2.75) is 56.9 Å². The highest BCUT2D eigenvalue weighted by Crippen LogP contribution is 2.33. The standard InChI is InChI=1S/C16H24N2O4/c19-13-8-12(10-18(13)9-11-4-5-11)14(20)17-16(15(21)22)6-2-1-3-7-16/h11-12H,1-10H2,(H,17,20)(H,21,22)/t12-/m0/s1. The van der Waals surface area contributed by atoms with Crippen LogP contribution in [0.2, 0.25) is 0 Å². The number of carboxylic acid groups (broad SMARTS) is 1. The molecule has 3 aliphatic rings. The molecule has 3 fully saturated rings. The molecule has 6 nitrogen and oxygen atoms in total. The number of rotatable bonds is 5. The molecular weight excluding hydrogens is 284 g/mol. The van der Waals surface area contributed by atoms with E-state index in [2.05, 4.69) is 5.32 Å². The number of hydrogen-bond donors (Lipinski definition) is 2. The molecule has 1 heterocycles. The number of amides is 2. The summed E-state index contributed by atoms with van der Waals surface area (Å²) in [4.78, 5) is 37.8. The molecule has 2 amide bonds. The molecule has 1 saturated heterocycles. The molecule has 122 valence electrons. The first-order valence-electron chi connectivity index (χ1n) is 8.33. The van der Waals surface area contributed by atoms with E-state index in [0.29, 0.717) is 25.3 Å². The first kappa shape index (κ1) is 15.3. The van der Waals surface area contributed by atoms with Crippen molar-refractivity contribution >= 4 is 17.8 Å². The van der Waals surface area contributed by atoms with Crippen LogP contribution in [0.25, 0.3) is 0 Å². The van der Waals surface area contributed by atoms with Gasteiger partial charge in [-0.3, -0.25) is 9.59 Å². The Balaban J connectivity index is 1.61. The van der Waals surface area contributed by atoms with Crippen LogP contribution in [0, 0.1) is 11.8 Å². The van der Waals surface area contributed by atoms with Crippen molar-refractivity contribution in [3.63, 3.8) is 0 Å². The fraction of sp³-hybridized carbons (Fsp3) is 0.812. The van der Waals surface area contributed by atoms with Gasteiger partial charge in [0.15, 0.2) is 0 Å². The molecule has 3 rings (SSSR count). The predicted octanol–water partition coefficient (Wildman–Crippen LogP) is 1.15. The monoisotopic (exact) mass is 308 g/mol. The van der Waals surface area contributed by atoms with Crippen LogP contribution in [0.4, 0.5) is 0 Å². The van der Waals surface area contributed by atoms with Crippen molar-refractivity contribution in [1.82, 2.24) is 10.2 Å². The molecule has 2 saturated carbocycles. The van der Waals surface area contributed by atoms with E-state index in [1.807, 2.05) is 0 Å². The van der Waals surface area contributed by atoms with Gasteiger partial charge in [-0.2, -0.15) is 0 Å². The fourth-order valence-electron chi connectivity index (χ4n) is 3.62. The third-order valence-electron chi connectivity index (χ3n) is 5.24. The predicted molar refractivity (Wildman–Crippen MR) is 79.0 cm³/mol. The third kappa shape index (κ3) is 3.10. The Bertz CT molecular complexity index is 481. The Hall–Kier alpha value is -1.59. The van der Waals surface area contributed by atoms with Gasteiger partial charge in [-0.1, -0.05) is 19.3 Å². The highest BCUT2D eigenvalue weighted by Gasteiger charge is 2.44. The van der Waals surface area contributed by atoms with Crippen molar-refractivity contribution in [3.8, 4) is 0 Å². The molecule has 1 aliphatic heterocycles. The summed E-state index contributed by atoms with van der Waals surface area (Å²) in [6, 6.07) is 0. The number of likely N-dealkylation sites (tertiary alicyclic amines) is 1. The maximum absolute atomic E-state index is 12.5. The summed E-state index contributed by atoms with van der Waals surface area (Å²) in [6.07, 6.45) is 6.19. The van der Waals surface area contributed by atoms with Crippen molar-refractivity contribution in [1.29, 1.82) is 0 Å². The number of aliphatic carboxylic acids is 1. The summed E-state index contributed by atoms with van der Waals surface area (Å²) in [5.41, 5.74) is -1.12. The molecule has 0 unspecified atom stereocenters. The van der Waals surface area contributed by atoms with Gasteiger partial charge < -0.3 is 15.3 Å². The molecule has 2 N–H and O–H groups in total. The molecule has 22 heavy (non-hydrogen) atoms. The van der Waals surface area contributed by atoms with Gasteiger partial charge in [0.2, 0.25) is 11.8 Å². The molecule has 0 spiro atoms. The van der Waals surface area contributed by atoms with E-state index >= 15 is 0 Å². The van der Waals surface area contributed by atoms with Gasteiger partial charge in [0.1, 0.15) is 5.54 Å². The van der Waals surface area contributed by atoms with Gasteiger partial charge >= 0.3 is 5.97 Å². The van der Waals surface area contributed by atoms with Gasteiger partial charge in [0, 0.05) is 19.5 Å². The second-order valence-electron chi connectivity index (χ2n) is 7.08. The quantitative estimate of drug-likeness (QED) is 0.797. The van der Waals surface area contributed by atoms with Crippen LogP contribution in [-0.2, 0) is 14.4 Å². The normalized spacial score (nSPS) is 27.7. The topological polar surface area (TPSA) is 86.7 Å². The van der Waals surface area contributed by atoms with Crippen LogP contribution in [0.5, 0.6) is 0 Å². The minimum Gasteiger partial charge on any atom is -0.480 e. The molecule has 0 radical (unpaired) electrons. The van der Waals surface area contributed by atoms with Crippen LogP contribution in [0.1, 0.15) is 51.4 Å². The Morgan fingerprint density at radius 2 is 1.91 bits per heavy atom. The van der Waals surface area contributed by atoms with Crippen LogP contribution in [0.15, 0.2) is 0 Å². The van der Waals surface area contributed by atoms with Gasteiger partial charge in [-0.15, -0.1) is 0 Å². The zero-order valence-corrected chi connectivity index (χ0v) is 12.8. The molecular formula is C16H24N2O4. The van der Waals surface area contributed by atoms with Crippen molar-refractivity contribution in [3.05, 3.63) is 0 Å². The SMILES string of the molecule is O=C(NC1(C(=O)O)CCCCC1)[C@H]1CC(=O)N(CC2CC2)C1. The van der Waals surface area contributed by atoms with E-state index in [1.165, 1.54) is 12.8 Å². The largest absolute Gasteiger partial charge is 0.480 e. The maximum Gasteiger partial charge on any atom is 0.329 e. The zero-order chi connectivity index (χ0) is 15.7.